The van der Waals surface area contributed by atoms with Crippen LogP contribution in [0.5, 0.6) is 0 Å². The monoisotopic (exact) mass is 427 g/mol. The second kappa shape index (κ2) is 9.41. The molecule has 1 aromatic carbocycles. The van der Waals surface area contributed by atoms with Crippen molar-refractivity contribution >= 4 is 35.0 Å². The molecule has 0 atom stereocenters. The maximum Gasteiger partial charge on any atom is 0.234 e. The van der Waals surface area contributed by atoms with Crippen LogP contribution in [0.4, 0.5) is 5.69 Å². The van der Waals surface area contributed by atoms with Crippen molar-refractivity contribution in [2.75, 3.05) is 11.1 Å². The second-order valence-corrected chi connectivity index (χ2v) is 8.39. The molecule has 0 bridgehead atoms. The number of anilines is 1. The highest BCUT2D eigenvalue weighted by Gasteiger charge is 2.18. The summed E-state index contributed by atoms with van der Waals surface area (Å²) in [5.74, 6) is 2.85. The fraction of sp³-hybridized carbons (Fsp3) is 0.333. The molecule has 1 amide bonds. The smallest absolute Gasteiger partial charge is 0.234 e. The lowest BCUT2D eigenvalue weighted by Crippen LogP contribution is -2.14. The predicted molar refractivity (Wildman–Crippen MR) is 117 cm³/mol. The summed E-state index contributed by atoms with van der Waals surface area (Å²) in [6, 6.07) is 9.40. The third-order valence-corrected chi connectivity index (χ3v) is 6.16. The van der Waals surface area contributed by atoms with E-state index in [1.54, 1.807) is 24.0 Å². The zero-order chi connectivity index (χ0) is 20.1. The van der Waals surface area contributed by atoms with Gasteiger partial charge in [-0.15, -0.1) is 22.0 Å². The maximum atomic E-state index is 12.3. The molecule has 1 aliphatic heterocycles. The first kappa shape index (κ1) is 19.9. The summed E-state index contributed by atoms with van der Waals surface area (Å²) in [4.78, 5) is 16.4. The fourth-order valence-electron chi connectivity index (χ4n) is 3.40. The number of aryl methyl sites for hydroxylation is 1. The first-order chi connectivity index (χ1) is 14.2. The highest BCUT2D eigenvalue weighted by Crippen LogP contribution is 2.31. The van der Waals surface area contributed by atoms with E-state index in [1.807, 2.05) is 30.5 Å². The van der Waals surface area contributed by atoms with Crippen LogP contribution in [0.25, 0.3) is 11.4 Å². The van der Waals surface area contributed by atoms with Crippen LogP contribution in [0.1, 0.15) is 30.7 Å². The highest BCUT2D eigenvalue weighted by molar-refractivity contribution is 7.99. The minimum absolute atomic E-state index is 0.0489. The van der Waals surface area contributed by atoms with Crippen LogP contribution >= 0.6 is 23.4 Å². The van der Waals surface area contributed by atoms with Gasteiger partial charge in [0, 0.05) is 42.4 Å². The molecular formula is C21H22ClN5OS. The molecule has 4 rings (SSSR count). The Balaban J connectivity index is 1.43. The SMILES string of the molecule is O=C(CSCc1cccnc1)Nc1ccc(Cl)c(-c2nnc3n2CCCCC3)c1. The molecule has 0 aliphatic carbocycles. The summed E-state index contributed by atoms with van der Waals surface area (Å²) in [6.45, 7) is 0.898. The summed E-state index contributed by atoms with van der Waals surface area (Å²) in [5, 5.41) is 12.3. The molecule has 2 aromatic heterocycles. The first-order valence-corrected chi connectivity index (χ1v) is 11.2. The van der Waals surface area contributed by atoms with Gasteiger partial charge in [0.1, 0.15) is 5.82 Å². The van der Waals surface area contributed by atoms with Crippen LogP contribution in [-0.2, 0) is 23.5 Å². The van der Waals surface area contributed by atoms with E-state index >= 15 is 0 Å². The molecule has 0 radical (unpaired) electrons. The first-order valence-electron chi connectivity index (χ1n) is 9.69. The van der Waals surface area contributed by atoms with Gasteiger partial charge in [-0.3, -0.25) is 9.78 Å². The van der Waals surface area contributed by atoms with Crippen molar-refractivity contribution in [2.45, 2.75) is 38.0 Å². The van der Waals surface area contributed by atoms with Gasteiger partial charge in [0.15, 0.2) is 5.82 Å². The maximum absolute atomic E-state index is 12.3. The average Bonchev–Trinajstić information content (AvgIpc) is 2.98. The quantitative estimate of drug-likeness (QED) is 0.622. The Morgan fingerprint density at radius 3 is 3.00 bits per heavy atom. The van der Waals surface area contributed by atoms with Gasteiger partial charge < -0.3 is 9.88 Å². The number of carbonyl (C=O) groups excluding carboxylic acids is 1. The van der Waals surface area contributed by atoms with Crippen LogP contribution in [0.15, 0.2) is 42.7 Å². The van der Waals surface area contributed by atoms with Crippen LogP contribution < -0.4 is 5.32 Å². The third-order valence-electron chi connectivity index (χ3n) is 4.83. The van der Waals surface area contributed by atoms with E-state index in [2.05, 4.69) is 25.1 Å². The molecule has 150 valence electrons. The van der Waals surface area contributed by atoms with Crippen molar-refractivity contribution in [3.8, 4) is 11.4 Å². The standard InChI is InChI=1S/C21H22ClN5OS/c22-18-8-7-16(24-20(28)14-29-13-15-5-4-9-23-12-15)11-17(18)21-26-25-19-6-2-1-3-10-27(19)21/h4-5,7-9,11-12H,1-3,6,10,13-14H2,(H,24,28). The number of hydrogen-bond acceptors (Lipinski definition) is 5. The molecule has 0 unspecified atom stereocenters. The van der Waals surface area contributed by atoms with E-state index in [-0.39, 0.29) is 5.91 Å². The van der Waals surface area contributed by atoms with Crippen molar-refractivity contribution < 1.29 is 4.79 Å². The number of pyridine rings is 1. The van der Waals surface area contributed by atoms with E-state index < -0.39 is 0 Å². The Morgan fingerprint density at radius 2 is 2.14 bits per heavy atom. The number of fused-ring (bicyclic) bond motifs is 1. The molecule has 0 fully saturated rings. The van der Waals surface area contributed by atoms with Gasteiger partial charge in [0.05, 0.1) is 10.8 Å². The topological polar surface area (TPSA) is 72.7 Å². The number of hydrogen-bond donors (Lipinski definition) is 1. The van der Waals surface area contributed by atoms with E-state index in [0.717, 1.165) is 54.3 Å². The van der Waals surface area contributed by atoms with Crippen molar-refractivity contribution in [3.63, 3.8) is 0 Å². The van der Waals surface area contributed by atoms with E-state index in [9.17, 15) is 4.79 Å². The number of thioether (sulfide) groups is 1. The summed E-state index contributed by atoms with van der Waals surface area (Å²) in [5.41, 5.74) is 2.61. The predicted octanol–water partition coefficient (Wildman–Crippen LogP) is 4.59. The summed E-state index contributed by atoms with van der Waals surface area (Å²) in [6.07, 6.45) is 7.95. The lowest BCUT2D eigenvalue weighted by Gasteiger charge is -2.11. The van der Waals surface area contributed by atoms with Crippen LogP contribution in [0.2, 0.25) is 5.02 Å². The molecular weight excluding hydrogens is 406 g/mol. The van der Waals surface area contributed by atoms with E-state index in [0.29, 0.717) is 16.5 Å². The minimum atomic E-state index is -0.0489. The number of rotatable bonds is 6. The Kier molecular flexibility index (Phi) is 6.46. The summed E-state index contributed by atoms with van der Waals surface area (Å²) >= 11 is 8.01. The molecule has 3 heterocycles. The number of amides is 1. The third kappa shape index (κ3) is 4.97. The molecule has 6 nitrogen and oxygen atoms in total. The number of benzene rings is 1. The summed E-state index contributed by atoms with van der Waals surface area (Å²) in [7, 11) is 0. The van der Waals surface area contributed by atoms with Crippen molar-refractivity contribution in [2.24, 2.45) is 0 Å². The average molecular weight is 428 g/mol. The van der Waals surface area contributed by atoms with Gasteiger partial charge in [-0.05, 0) is 42.7 Å². The van der Waals surface area contributed by atoms with Gasteiger partial charge in [0.25, 0.3) is 0 Å². The van der Waals surface area contributed by atoms with Crippen molar-refractivity contribution in [1.29, 1.82) is 0 Å². The zero-order valence-electron chi connectivity index (χ0n) is 16.0. The second-order valence-electron chi connectivity index (χ2n) is 7.00. The Labute approximate surface area is 179 Å². The van der Waals surface area contributed by atoms with E-state index in [1.165, 1.54) is 6.42 Å². The molecule has 1 aliphatic rings. The Bertz CT molecular complexity index is 992. The molecule has 3 aromatic rings. The fourth-order valence-corrected chi connectivity index (χ4v) is 4.37. The molecule has 0 saturated heterocycles. The Hall–Kier alpha value is -2.38. The minimum Gasteiger partial charge on any atom is -0.325 e. The molecule has 29 heavy (non-hydrogen) atoms. The normalized spacial score (nSPS) is 13.6. The lowest BCUT2D eigenvalue weighted by atomic mass is 10.1. The van der Waals surface area contributed by atoms with Crippen LogP contribution in [0, 0.1) is 0 Å². The van der Waals surface area contributed by atoms with Gasteiger partial charge in [-0.2, -0.15) is 0 Å². The molecule has 1 N–H and O–H groups in total. The number of halogens is 1. The largest absolute Gasteiger partial charge is 0.325 e. The molecule has 8 heteroatoms. The van der Waals surface area contributed by atoms with Crippen molar-refractivity contribution in [1.82, 2.24) is 19.7 Å². The van der Waals surface area contributed by atoms with Crippen LogP contribution in [0.3, 0.4) is 0 Å². The number of nitrogens with zero attached hydrogens (tertiary/aromatic N) is 4. The van der Waals surface area contributed by atoms with Gasteiger partial charge >= 0.3 is 0 Å². The zero-order valence-corrected chi connectivity index (χ0v) is 17.5. The summed E-state index contributed by atoms with van der Waals surface area (Å²) < 4.78 is 2.16. The Morgan fingerprint density at radius 1 is 1.21 bits per heavy atom. The number of aromatic nitrogens is 4. The highest BCUT2D eigenvalue weighted by atomic mass is 35.5. The van der Waals surface area contributed by atoms with Gasteiger partial charge in [-0.1, -0.05) is 24.1 Å². The van der Waals surface area contributed by atoms with E-state index in [4.69, 9.17) is 11.6 Å². The number of carbonyl (C=O) groups is 1. The van der Waals surface area contributed by atoms with Crippen molar-refractivity contribution in [3.05, 3.63) is 59.1 Å². The lowest BCUT2D eigenvalue weighted by molar-refractivity contribution is -0.113. The van der Waals surface area contributed by atoms with Gasteiger partial charge in [-0.25, -0.2) is 0 Å². The number of nitrogens with one attached hydrogen (secondary N) is 1. The van der Waals surface area contributed by atoms with Gasteiger partial charge in [0.2, 0.25) is 5.91 Å². The molecule has 0 saturated carbocycles. The van der Waals surface area contributed by atoms with Crippen LogP contribution in [-0.4, -0.2) is 31.4 Å². The molecule has 0 spiro atoms.